The fourth-order valence-electron chi connectivity index (χ4n) is 5.11. The van der Waals surface area contributed by atoms with E-state index in [4.69, 9.17) is 4.74 Å². The average Bonchev–Trinajstić information content (AvgIpc) is 3.53. The van der Waals surface area contributed by atoms with E-state index in [1.54, 1.807) is 13.0 Å². The average molecular weight is 617 g/mol. The Hall–Kier alpha value is -3.89. The number of aromatic nitrogens is 5. The van der Waals surface area contributed by atoms with E-state index in [1.165, 1.54) is 30.9 Å². The van der Waals surface area contributed by atoms with E-state index in [-0.39, 0.29) is 42.2 Å². The first-order valence-electron chi connectivity index (χ1n) is 13.4. The molecule has 0 bridgehead atoms. The molecule has 1 fully saturated rings. The molecule has 3 aromatic rings. The fraction of sp³-hybridized carbons (Fsp3) is 0.615. The maximum Gasteiger partial charge on any atom is 0.393 e. The van der Waals surface area contributed by atoms with Crippen LogP contribution in [-0.2, 0) is 4.74 Å². The number of hydrogen-bond acceptors (Lipinski definition) is 8. The summed E-state index contributed by atoms with van der Waals surface area (Å²) < 4.78 is 80.3. The van der Waals surface area contributed by atoms with Crippen LogP contribution in [0.15, 0.2) is 23.1 Å². The number of carbonyl (C=O) groups excluding carboxylic acids is 2. The highest BCUT2D eigenvalue weighted by Crippen LogP contribution is 2.43. The molecular weight excluding hydrogens is 583 g/mol. The first-order chi connectivity index (χ1) is 20.0. The Morgan fingerprint density at radius 3 is 2.63 bits per heavy atom. The van der Waals surface area contributed by atoms with Crippen LogP contribution in [0.5, 0.6) is 0 Å². The number of halogens is 5. The van der Waals surface area contributed by atoms with Crippen molar-refractivity contribution < 1.29 is 40.9 Å². The Morgan fingerprint density at radius 2 is 2.00 bits per heavy atom. The highest BCUT2D eigenvalue weighted by atomic mass is 19.4. The lowest BCUT2D eigenvalue weighted by molar-refractivity contribution is -0.217. The fourth-order valence-corrected chi connectivity index (χ4v) is 5.11. The van der Waals surface area contributed by atoms with Gasteiger partial charge in [-0.05, 0) is 36.9 Å². The van der Waals surface area contributed by atoms with Gasteiger partial charge in [-0.15, -0.1) is 0 Å². The second kappa shape index (κ2) is 12.0. The zero-order valence-corrected chi connectivity index (χ0v) is 24.2. The van der Waals surface area contributed by atoms with Crippen molar-refractivity contribution in [2.75, 3.05) is 26.8 Å². The van der Waals surface area contributed by atoms with E-state index in [0.717, 1.165) is 18.7 Å². The topological polar surface area (TPSA) is 140 Å². The van der Waals surface area contributed by atoms with Gasteiger partial charge in [-0.25, -0.2) is 27.7 Å². The summed E-state index contributed by atoms with van der Waals surface area (Å²) in [6.07, 6.45) is -1.67. The van der Waals surface area contributed by atoms with Gasteiger partial charge in [-0.2, -0.15) is 18.3 Å². The predicted molar refractivity (Wildman–Crippen MR) is 140 cm³/mol. The molecule has 17 heteroatoms. The largest absolute Gasteiger partial charge is 0.393 e. The number of methoxy groups -OCH3 is 1. The Bertz CT molecular complexity index is 1460. The summed E-state index contributed by atoms with van der Waals surface area (Å²) >= 11 is 0. The zero-order chi connectivity index (χ0) is 31.7. The van der Waals surface area contributed by atoms with Crippen molar-refractivity contribution in [1.29, 1.82) is 0 Å². The van der Waals surface area contributed by atoms with Crippen LogP contribution in [0.4, 0.5) is 26.7 Å². The van der Waals surface area contributed by atoms with Gasteiger partial charge >= 0.3 is 12.2 Å². The van der Waals surface area contributed by atoms with Gasteiger partial charge in [-0.3, -0.25) is 4.79 Å². The minimum absolute atomic E-state index is 0.0850. The van der Waals surface area contributed by atoms with E-state index in [9.17, 15) is 31.5 Å². The third-order valence-corrected chi connectivity index (χ3v) is 7.40. The molecule has 236 valence electrons. The Morgan fingerprint density at radius 1 is 1.28 bits per heavy atom. The number of aryl methyl sites for hydroxylation is 1. The molecule has 0 aromatic carbocycles. The Labute approximate surface area is 243 Å². The molecule has 2 N–H and O–H groups in total. The van der Waals surface area contributed by atoms with Crippen molar-refractivity contribution in [3.63, 3.8) is 0 Å². The lowest BCUT2D eigenvalue weighted by atomic mass is 9.80. The summed E-state index contributed by atoms with van der Waals surface area (Å²) in [6.45, 7) is 3.69. The molecule has 43 heavy (non-hydrogen) atoms. The molecule has 4 rings (SSSR count). The molecule has 3 aromatic heterocycles. The van der Waals surface area contributed by atoms with Crippen molar-refractivity contribution in [3.05, 3.63) is 41.1 Å². The monoisotopic (exact) mass is 616 g/mol. The van der Waals surface area contributed by atoms with E-state index in [1.807, 2.05) is 0 Å². The lowest BCUT2D eigenvalue weighted by Gasteiger charge is -2.38. The summed E-state index contributed by atoms with van der Waals surface area (Å²) in [4.78, 5) is 31.0. The molecule has 0 aliphatic carbocycles. The van der Waals surface area contributed by atoms with Gasteiger partial charge in [0.2, 0.25) is 0 Å². The number of urea groups is 1. The lowest BCUT2D eigenvalue weighted by Crippen LogP contribution is -2.58. The Balaban J connectivity index is 1.66. The summed E-state index contributed by atoms with van der Waals surface area (Å²) in [5.74, 6) is -4.33. The second-order valence-electron chi connectivity index (χ2n) is 11.5. The first-order valence-corrected chi connectivity index (χ1v) is 13.4. The number of nitrogens with one attached hydrogen (secondary N) is 2. The molecule has 1 aliphatic heterocycles. The zero-order valence-electron chi connectivity index (χ0n) is 24.2. The minimum atomic E-state index is -4.43. The van der Waals surface area contributed by atoms with Gasteiger partial charge in [0.05, 0.1) is 55.3 Å². The van der Waals surface area contributed by atoms with Gasteiger partial charge < -0.3 is 20.3 Å². The van der Waals surface area contributed by atoms with E-state index in [0.29, 0.717) is 5.56 Å². The molecule has 0 radical (unpaired) electrons. The molecule has 0 spiro atoms. The number of amides is 3. The maximum atomic E-state index is 14.2. The van der Waals surface area contributed by atoms with Crippen LogP contribution in [0.25, 0.3) is 5.65 Å². The number of hydrogen-bond donors (Lipinski definition) is 2. The van der Waals surface area contributed by atoms with E-state index < -0.39 is 60.5 Å². The van der Waals surface area contributed by atoms with Crippen LogP contribution in [0.1, 0.15) is 73.1 Å². The SMILES string of the molecule is COC[C@H](c1cnn2cc([C@H](C[C@@H](C)CC(C)(C)C(F)(F)F)NC(=O)c3nonc3C)nc2c1)N1CC(F)(F)CNC1=O. The van der Waals surface area contributed by atoms with Crippen LogP contribution < -0.4 is 10.6 Å². The van der Waals surface area contributed by atoms with Crippen molar-refractivity contribution >= 4 is 17.6 Å². The highest BCUT2D eigenvalue weighted by molar-refractivity contribution is 5.93. The third kappa shape index (κ3) is 7.19. The Kier molecular flexibility index (Phi) is 8.95. The van der Waals surface area contributed by atoms with Crippen molar-refractivity contribution in [1.82, 2.24) is 40.4 Å². The number of imidazole rings is 1. The third-order valence-electron chi connectivity index (χ3n) is 7.40. The van der Waals surface area contributed by atoms with Gasteiger partial charge in [0.15, 0.2) is 11.3 Å². The molecular formula is C26H33F5N8O4. The summed E-state index contributed by atoms with van der Waals surface area (Å²) in [7, 11) is 1.37. The maximum absolute atomic E-state index is 14.2. The molecule has 3 atom stereocenters. The molecule has 12 nitrogen and oxygen atoms in total. The van der Waals surface area contributed by atoms with Crippen molar-refractivity contribution in [2.45, 2.75) is 64.7 Å². The summed E-state index contributed by atoms with van der Waals surface area (Å²) in [6, 6.07) is -0.931. The summed E-state index contributed by atoms with van der Waals surface area (Å²) in [5, 5.41) is 16.4. The predicted octanol–water partition coefficient (Wildman–Crippen LogP) is 4.24. The van der Waals surface area contributed by atoms with Gasteiger partial charge in [0.1, 0.15) is 5.69 Å². The minimum Gasteiger partial charge on any atom is -0.382 e. The number of fused-ring (bicyclic) bond motifs is 1. The first kappa shape index (κ1) is 32.0. The molecule has 1 saturated heterocycles. The smallest absolute Gasteiger partial charge is 0.382 e. The molecule has 4 heterocycles. The molecule has 1 aliphatic rings. The quantitative estimate of drug-likeness (QED) is 0.305. The number of rotatable bonds is 11. The number of alkyl halides is 5. The van der Waals surface area contributed by atoms with Crippen molar-refractivity contribution in [3.8, 4) is 0 Å². The van der Waals surface area contributed by atoms with Crippen LogP contribution in [0, 0.1) is 18.3 Å². The molecule has 0 unspecified atom stereocenters. The number of nitrogens with zero attached hydrogens (tertiary/aromatic N) is 6. The van der Waals surface area contributed by atoms with Crippen LogP contribution in [0.3, 0.4) is 0 Å². The van der Waals surface area contributed by atoms with Crippen LogP contribution >= 0.6 is 0 Å². The van der Waals surface area contributed by atoms with Gasteiger partial charge in [0.25, 0.3) is 11.8 Å². The molecule has 0 saturated carbocycles. The highest BCUT2D eigenvalue weighted by Gasteiger charge is 2.48. The van der Waals surface area contributed by atoms with E-state index >= 15 is 0 Å². The van der Waals surface area contributed by atoms with Crippen molar-refractivity contribution in [2.24, 2.45) is 11.3 Å². The van der Waals surface area contributed by atoms with Crippen LogP contribution in [0.2, 0.25) is 0 Å². The number of ether oxygens (including phenoxy) is 1. The molecule has 3 amide bonds. The van der Waals surface area contributed by atoms with Crippen LogP contribution in [-0.4, -0.2) is 80.7 Å². The van der Waals surface area contributed by atoms with Gasteiger partial charge in [0, 0.05) is 12.7 Å². The van der Waals surface area contributed by atoms with Gasteiger partial charge in [-0.1, -0.05) is 25.9 Å². The summed E-state index contributed by atoms with van der Waals surface area (Å²) in [5.41, 5.74) is -0.938. The van der Waals surface area contributed by atoms with E-state index in [2.05, 4.69) is 35.7 Å². The number of carbonyl (C=O) groups is 2. The standard InChI is InChI=1S/C26H33F5N8O4/c1-14(8-24(3,4)26(29,30)31)6-17(35-22(40)21-15(2)36-43-37-21)18-10-39-20(34-18)7-16(9-33-39)19(11-42-5)38-13-25(27,28)12-32-23(38)41/h7,9-10,14,17,19H,6,8,11-13H2,1-5H3,(H,32,41)(H,35,40)/t14-,17+,19-/m1/s1. The normalized spacial score (nSPS) is 17.9. The second-order valence-corrected chi connectivity index (χ2v) is 11.5.